The SMILES string of the molecule is CN1[CH]N(c2ccccn2)C=C1. The second-order valence-corrected chi connectivity index (χ2v) is 2.67. The van der Waals surface area contributed by atoms with E-state index in [2.05, 4.69) is 4.98 Å². The van der Waals surface area contributed by atoms with Crippen molar-refractivity contribution in [1.82, 2.24) is 9.88 Å². The number of hydrogen-bond donors (Lipinski definition) is 0. The summed E-state index contributed by atoms with van der Waals surface area (Å²) in [6, 6.07) is 5.86. The highest BCUT2D eigenvalue weighted by atomic mass is 15.3. The third-order valence-corrected chi connectivity index (χ3v) is 1.68. The number of aromatic nitrogens is 1. The zero-order valence-electron chi connectivity index (χ0n) is 6.88. The highest BCUT2D eigenvalue weighted by molar-refractivity contribution is 5.45. The quantitative estimate of drug-likeness (QED) is 0.619. The predicted molar refractivity (Wildman–Crippen MR) is 47.9 cm³/mol. The molecule has 2 rings (SSSR count). The molecule has 1 aliphatic heterocycles. The predicted octanol–water partition coefficient (Wildman–Crippen LogP) is 1.42. The molecule has 3 nitrogen and oxygen atoms in total. The summed E-state index contributed by atoms with van der Waals surface area (Å²) in [7, 11) is 1.99. The summed E-state index contributed by atoms with van der Waals surface area (Å²) in [5.74, 6) is 0.943. The Morgan fingerprint density at radius 2 is 2.17 bits per heavy atom. The third kappa shape index (κ3) is 1.25. The summed E-state index contributed by atoms with van der Waals surface area (Å²) in [4.78, 5) is 8.16. The lowest BCUT2D eigenvalue weighted by molar-refractivity contribution is 0.573. The average molecular weight is 160 g/mol. The van der Waals surface area contributed by atoms with Gasteiger partial charge in [0.2, 0.25) is 0 Å². The molecule has 0 atom stereocenters. The highest BCUT2D eigenvalue weighted by Crippen LogP contribution is 2.17. The fourth-order valence-electron chi connectivity index (χ4n) is 1.09. The van der Waals surface area contributed by atoms with Crippen LogP contribution in [0.5, 0.6) is 0 Å². The van der Waals surface area contributed by atoms with Gasteiger partial charge in [-0.1, -0.05) is 6.07 Å². The summed E-state index contributed by atoms with van der Waals surface area (Å²) < 4.78 is 0. The molecular weight excluding hydrogens is 150 g/mol. The van der Waals surface area contributed by atoms with Crippen molar-refractivity contribution in [3.8, 4) is 0 Å². The molecule has 61 valence electrons. The van der Waals surface area contributed by atoms with Crippen LogP contribution in [-0.2, 0) is 0 Å². The van der Waals surface area contributed by atoms with Crippen molar-refractivity contribution in [2.75, 3.05) is 11.9 Å². The fourth-order valence-corrected chi connectivity index (χ4v) is 1.09. The molecular formula is C9H10N3. The van der Waals surface area contributed by atoms with Crippen LogP contribution in [-0.4, -0.2) is 16.9 Å². The third-order valence-electron chi connectivity index (χ3n) is 1.68. The van der Waals surface area contributed by atoms with Crippen molar-refractivity contribution >= 4 is 5.82 Å². The standard InChI is InChI=1S/C9H10N3/c1-11-6-7-12(8-11)9-4-2-3-5-10-9/h2-8H,1H3. The van der Waals surface area contributed by atoms with Crippen molar-refractivity contribution < 1.29 is 0 Å². The maximum atomic E-state index is 4.21. The minimum absolute atomic E-state index is 0.943. The van der Waals surface area contributed by atoms with Gasteiger partial charge in [0.25, 0.3) is 0 Å². The Morgan fingerprint density at radius 3 is 2.75 bits per heavy atom. The van der Waals surface area contributed by atoms with E-state index in [1.165, 1.54) is 0 Å². The van der Waals surface area contributed by atoms with E-state index in [1.807, 2.05) is 54.1 Å². The fraction of sp³-hybridized carbons (Fsp3) is 0.111. The Balaban J connectivity index is 2.18. The summed E-state index contributed by atoms with van der Waals surface area (Å²) in [5.41, 5.74) is 0. The number of rotatable bonds is 1. The Morgan fingerprint density at radius 1 is 1.25 bits per heavy atom. The first-order valence-electron chi connectivity index (χ1n) is 3.81. The van der Waals surface area contributed by atoms with Crippen LogP contribution < -0.4 is 4.90 Å². The van der Waals surface area contributed by atoms with Gasteiger partial charge >= 0.3 is 0 Å². The zero-order chi connectivity index (χ0) is 8.39. The van der Waals surface area contributed by atoms with Crippen LogP contribution in [0.1, 0.15) is 0 Å². The Hall–Kier alpha value is -1.51. The van der Waals surface area contributed by atoms with Gasteiger partial charge in [0.15, 0.2) is 0 Å². The largest absolute Gasteiger partial charge is 0.356 e. The van der Waals surface area contributed by atoms with Crippen LogP contribution in [0.15, 0.2) is 36.8 Å². The molecule has 1 aromatic rings. The number of nitrogens with zero attached hydrogens (tertiary/aromatic N) is 3. The Kier molecular flexibility index (Phi) is 1.70. The molecule has 1 aromatic heterocycles. The monoisotopic (exact) mass is 160 g/mol. The van der Waals surface area contributed by atoms with E-state index in [0.717, 1.165) is 5.82 Å². The van der Waals surface area contributed by atoms with Crippen LogP contribution in [0.2, 0.25) is 0 Å². The normalized spacial score (nSPS) is 15.8. The van der Waals surface area contributed by atoms with Gasteiger partial charge in [-0.05, 0) is 12.1 Å². The summed E-state index contributed by atoms with van der Waals surface area (Å²) in [6.07, 6.45) is 5.74. The van der Waals surface area contributed by atoms with Crippen molar-refractivity contribution in [2.45, 2.75) is 0 Å². The molecule has 2 heterocycles. The van der Waals surface area contributed by atoms with Gasteiger partial charge in [0.1, 0.15) is 12.5 Å². The highest BCUT2D eigenvalue weighted by Gasteiger charge is 2.11. The number of pyridine rings is 1. The molecule has 1 radical (unpaired) electrons. The summed E-state index contributed by atoms with van der Waals surface area (Å²) in [5, 5.41) is 0. The minimum Gasteiger partial charge on any atom is -0.356 e. The van der Waals surface area contributed by atoms with Crippen molar-refractivity contribution in [3.05, 3.63) is 43.5 Å². The average Bonchev–Trinajstić information content (AvgIpc) is 2.54. The summed E-state index contributed by atoms with van der Waals surface area (Å²) in [6.45, 7) is 1.97. The van der Waals surface area contributed by atoms with Crippen LogP contribution in [0.25, 0.3) is 0 Å². The molecule has 12 heavy (non-hydrogen) atoms. The molecule has 0 N–H and O–H groups in total. The first-order valence-corrected chi connectivity index (χ1v) is 3.81. The summed E-state index contributed by atoms with van der Waals surface area (Å²) >= 11 is 0. The van der Waals surface area contributed by atoms with Gasteiger partial charge in [0, 0.05) is 25.6 Å². The lowest BCUT2D eigenvalue weighted by Gasteiger charge is -2.15. The molecule has 0 aromatic carbocycles. The molecule has 0 spiro atoms. The molecule has 0 bridgehead atoms. The Bertz CT molecular complexity index is 281. The Labute approximate surface area is 71.9 Å². The van der Waals surface area contributed by atoms with Gasteiger partial charge in [-0.3, -0.25) is 0 Å². The van der Waals surface area contributed by atoms with Gasteiger partial charge in [-0.25, -0.2) is 4.98 Å². The van der Waals surface area contributed by atoms with Crippen LogP contribution >= 0.6 is 0 Å². The van der Waals surface area contributed by atoms with Crippen molar-refractivity contribution in [1.29, 1.82) is 0 Å². The van der Waals surface area contributed by atoms with E-state index < -0.39 is 0 Å². The molecule has 0 fully saturated rings. The van der Waals surface area contributed by atoms with Crippen molar-refractivity contribution in [3.63, 3.8) is 0 Å². The van der Waals surface area contributed by atoms with Crippen LogP contribution in [0.3, 0.4) is 0 Å². The maximum Gasteiger partial charge on any atom is 0.147 e. The molecule has 3 heteroatoms. The van der Waals surface area contributed by atoms with E-state index in [-0.39, 0.29) is 0 Å². The van der Waals surface area contributed by atoms with E-state index in [1.54, 1.807) is 6.20 Å². The smallest absolute Gasteiger partial charge is 0.147 e. The van der Waals surface area contributed by atoms with E-state index >= 15 is 0 Å². The lowest BCUT2D eigenvalue weighted by atomic mass is 10.4. The number of anilines is 1. The zero-order valence-corrected chi connectivity index (χ0v) is 6.88. The first-order chi connectivity index (χ1) is 5.86. The minimum atomic E-state index is 0.943. The van der Waals surface area contributed by atoms with E-state index in [0.29, 0.717) is 0 Å². The molecule has 0 aliphatic carbocycles. The molecule has 1 aliphatic rings. The van der Waals surface area contributed by atoms with Gasteiger partial charge in [-0.2, -0.15) is 0 Å². The van der Waals surface area contributed by atoms with Gasteiger partial charge in [0.05, 0.1) is 0 Å². The number of hydrogen-bond acceptors (Lipinski definition) is 3. The molecule has 0 saturated carbocycles. The van der Waals surface area contributed by atoms with Gasteiger partial charge < -0.3 is 9.80 Å². The van der Waals surface area contributed by atoms with E-state index in [9.17, 15) is 0 Å². The van der Waals surface area contributed by atoms with Crippen molar-refractivity contribution in [2.24, 2.45) is 0 Å². The van der Waals surface area contributed by atoms with Gasteiger partial charge in [-0.15, -0.1) is 0 Å². The second-order valence-electron chi connectivity index (χ2n) is 2.67. The molecule has 0 saturated heterocycles. The molecule has 0 unspecified atom stereocenters. The lowest BCUT2D eigenvalue weighted by Crippen LogP contribution is -2.15. The van der Waals surface area contributed by atoms with Crippen LogP contribution in [0.4, 0.5) is 5.82 Å². The second kappa shape index (κ2) is 2.85. The first kappa shape index (κ1) is 7.16. The van der Waals surface area contributed by atoms with E-state index in [4.69, 9.17) is 0 Å². The maximum absolute atomic E-state index is 4.21. The topological polar surface area (TPSA) is 19.4 Å². The molecule has 0 amide bonds. The van der Waals surface area contributed by atoms with Crippen LogP contribution in [0, 0.1) is 6.67 Å².